The second-order valence-corrected chi connectivity index (χ2v) is 3.99. The summed E-state index contributed by atoms with van der Waals surface area (Å²) in [7, 11) is 0. The van der Waals surface area contributed by atoms with Crippen LogP contribution in [0.4, 0.5) is 0 Å². The van der Waals surface area contributed by atoms with Gasteiger partial charge in [-0.05, 0) is 12.5 Å². The fourth-order valence-electron chi connectivity index (χ4n) is 1.18. The first-order valence-electron chi connectivity index (χ1n) is 7.33. The Morgan fingerprint density at radius 1 is 0.760 bits per heavy atom. The number of oxazole rings is 1. The highest BCUT2D eigenvalue weighted by molar-refractivity contribution is 5.62. The lowest BCUT2D eigenvalue weighted by molar-refractivity contribution is 0.420. The van der Waals surface area contributed by atoms with Gasteiger partial charge in [-0.25, -0.2) is 4.98 Å². The van der Waals surface area contributed by atoms with Crippen molar-refractivity contribution >= 4 is 6.21 Å². The minimum Gasteiger partial charge on any atom is -0.452 e. The van der Waals surface area contributed by atoms with Crippen LogP contribution < -0.4 is 0 Å². The molecule has 5 rings (SSSR count). The third kappa shape index (κ3) is 15.1. The van der Waals surface area contributed by atoms with Gasteiger partial charge in [-0.2, -0.15) is 0 Å². The Balaban J connectivity index is 0.000000156. The zero-order valence-corrected chi connectivity index (χ0v) is 13.5. The van der Waals surface area contributed by atoms with E-state index in [0.717, 1.165) is 12.8 Å². The molecule has 0 aromatic carbocycles. The van der Waals surface area contributed by atoms with Crippen LogP contribution in [0.25, 0.3) is 0 Å². The summed E-state index contributed by atoms with van der Waals surface area (Å²) >= 11 is 0. The highest BCUT2D eigenvalue weighted by atomic mass is 16.5. The minimum atomic E-state index is 1.03. The molecule has 0 atom stereocenters. The largest absolute Gasteiger partial charge is 0.452 e. The molecule has 4 heterocycles. The van der Waals surface area contributed by atoms with Crippen LogP contribution in [0.1, 0.15) is 12.8 Å². The molecule has 0 unspecified atom stereocenters. The Hall–Kier alpha value is -3.55. The first kappa shape index (κ1) is 19.5. The maximum atomic E-state index is 4.47. The summed E-state index contributed by atoms with van der Waals surface area (Å²) in [5.74, 6) is 0. The second kappa shape index (κ2) is 16.8. The number of aliphatic imine (C=N–C) groups is 1. The van der Waals surface area contributed by atoms with E-state index in [4.69, 9.17) is 0 Å². The van der Waals surface area contributed by atoms with E-state index in [1.807, 2.05) is 12.3 Å². The molecule has 0 fully saturated rings. The Morgan fingerprint density at radius 2 is 1.60 bits per heavy atom. The standard InChI is InChI=1S/C5H6.C4H5N.2C3H3NO.C2H2N2O/c2*1-2-4-5-3-1;1-2-5-3-4-1;1-2-4-5-3-1;1-3-4-2-5-1/h1-4H,5H2;1,3-4H,2H2;2*1-3H;1-2H. The van der Waals surface area contributed by atoms with Gasteiger partial charge in [-0.1, -0.05) is 35.5 Å². The van der Waals surface area contributed by atoms with Crippen molar-refractivity contribution in [1.29, 1.82) is 0 Å². The van der Waals surface area contributed by atoms with Gasteiger partial charge in [0.2, 0.25) is 12.8 Å². The molecule has 0 bridgehead atoms. The summed E-state index contributed by atoms with van der Waals surface area (Å²) in [5, 5.41) is 9.96. The predicted octanol–water partition coefficient (Wildman–Crippen LogP) is 3.90. The average Bonchev–Trinajstić information content (AvgIpc) is 3.55. The lowest BCUT2D eigenvalue weighted by Crippen LogP contribution is -1.53. The van der Waals surface area contributed by atoms with E-state index in [9.17, 15) is 0 Å². The second-order valence-electron chi connectivity index (χ2n) is 3.99. The summed E-state index contributed by atoms with van der Waals surface area (Å²) in [6, 6.07) is 1.72. The molecule has 8 heteroatoms. The molecule has 0 spiro atoms. The van der Waals surface area contributed by atoms with Crippen molar-refractivity contribution in [3.63, 3.8) is 0 Å². The molecule has 3 aromatic heterocycles. The molecule has 25 heavy (non-hydrogen) atoms. The maximum absolute atomic E-state index is 4.47. The van der Waals surface area contributed by atoms with E-state index >= 15 is 0 Å². The molecule has 0 N–H and O–H groups in total. The molecule has 0 amide bonds. The summed E-state index contributed by atoms with van der Waals surface area (Å²) in [6.45, 7) is 0. The lowest BCUT2D eigenvalue weighted by atomic mass is 10.5. The van der Waals surface area contributed by atoms with Crippen LogP contribution in [0, 0.1) is 0 Å². The zero-order chi connectivity index (χ0) is 17.7. The molecule has 3 aromatic rings. The molecule has 8 nitrogen and oxygen atoms in total. The van der Waals surface area contributed by atoms with Gasteiger partial charge in [0.25, 0.3) is 0 Å². The van der Waals surface area contributed by atoms with E-state index in [1.54, 1.807) is 24.7 Å². The highest BCUT2D eigenvalue weighted by Gasteiger charge is 1.73. The summed E-state index contributed by atoms with van der Waals surface area (Å²) in [5.41, 5.74) is 0. The SMILES string of the molecule is C1=CCC=C1.C1=CN=CC1.c1cnoc1.c1cocn1.c1nnco1. The zero-order valence-electron chi connectivity index (χ0n) is 13.5. The first-order valence-corrected chi connectivity index (χ1v) is 7.33. The number of allylic oxidation sites excluding steroid dienone is 5. The summed E-state index contributed by atoms with van der Waals surface area (Å²) < 4.78 is 13.2. The third-order valence-corrected chi connectivity index (χ3v) is 2.17. The summed E-state index contributed by atoms with van der Waals surface area (Å²) in [6.07, 6.45) is 26.3. The van der Waals surface area contributed by atoms with Gasteiger partial charge in [0.15, 0.2) is 6.39 Å². The van der Waals surface area contributed by atoms with Crippen molar-refractivity contribution in [2.45, 2.75) is 12.8 Å². The van der Waals surface area contributed by atoms with Crippen molar-refractivity contribution in [2.24, 2.45) is 4.99 Å². The van der Waals surface area contributed by atoms with Gasteiger partial charge in [0.1, 0.15) is 12.5 Å². The average molecular weight is 341 g/mol. The topological polar surface area (TPSA) is 103 Å². The Morgan fingerprint density at radius 3 is 1.80 bits per heavy atom. The lowest BCUT2D eigenvalue weighted by Gasteiger charge is -1.57. The van der Waals surface area contributed by atoms with Crippen LogP contribution in [-0.4, -0.2) is 26.6 Å². The number of hydrogen-bond donors (Lipinski definition) is 0. The van der Waals surface area contributed by atoms with Crippen LogP contribution in [0.2, 0.25) is 0 Å². The van der Waals surface area contributed by atoms with Crippen LogP contribution >= 0.6 is 0 Å². The Bertz CT molecular complexity index is 516. The monoisotopic (exact) mass is 341 g/mol. The highest BCUT2D eigenvalue weighted by Crippen LogP contribution is 1.93. The number of rotatable bonds is 0. The van der Waals surface area contributed by atoms with Crippen molar-refractivity contribution in [3.05, 3.63) is 86.7 Å². The number of aromatic nitrogens is 4. The van der Waals surface area contributed by atoms with Crippen LogP contribution in [0.3, 0.4) is 0 Å². The van der Waals surface area contributed by atoms with Gasteiger partial charge in [-0.15, -0.1) is 10.2 Å². The van der Waals surface area contributed by atoms with E-state index in [0.29, 0.717) is 0 Å². The molecule has 130 valence electrons. The predicted molar refractivity (Wildman–Crippen MR) is 92.5 cm³/mol. The fraction of sp³-hybridized carbons (Fsp3) is 0.118. The Labute approximate surface area is 145 Å². The van der Waals surface area contributed by atoms with Gasteiger partial charge in [-0.3, -0.25) is 4.99 Å². The third-order valence-electron chi connectivity index (χ3n) is 2.17. The number of nitrogens with zero attached hydrogens (tertiary/aromatic N) is 5. The molecule has 0 radical (unpaired) electrons. The molecule has 0 saturated carbocycles. The quantitative estimate of drug-likeness (QED) is 0.611. The van der Waals surface area contributed by atoms with Crippen molar-refractivity contribution in [2.75, 3.05) is 0 Å². The van der Waals surface area contributed by atoms with Crippen molar-refractivity contribution in [1.82, 2.24) is 20.3 Å². The van der Waals surface area contributed by atoms with Gasteiger partial charge < -0.3 is 13.4 Å². The normalized spacial score (nSPS) is 11.8. The van der Waals surface area contributed by atoms with Crippen LogP contribution in [0.15, 0.2) is 105 Å². The fourth-order valence-corrected chi connectivity index (χ4v) is 1.18. The molecular formula is C17H19N5O3. The molecule has 0 saturated heterocycles. The minimum absolute atomic E-state index is 1.03. The first-order chi connectivity index (χ1) is 12.5. The van der Waals surface area contributed by atoms with Gasteiger partial charge >= 0.3 is 0 Å². The van der Waals surface area contributed by atoms with Crippen LogP contribution in [0.5, 0.6) is 0 Å². The van der Waals surface area contributed by atoms with Crippen LogP contribution in [-0.2, 0) is 0 Å². The Kier molecular flexibility index (Phi) is 13.1. The smallest absolute Gasteiger partial charge is 0.203 e. The van der Waals surface area contributed by atoms with E-state index in [2.05, 4.69) is 63.0 Å². The molecular weight excluding hydrogens is 322 g/mol. The van der Waals surface area contributed by atoms with Gasteiger partial charge in [0.05, 0.1) is 12.4 Å². The molecule has 1 aliphatic carbocycles. The van der Waals surface area contributed by atoms with E-state index < -0.39 is 0 Å². The number of hydrogen-bond acceptors (Lipinski definition) is 8. The van der Waals surface area contributed by atoms with E-state index in [1.165, 1.54) is 31.7 Å². The van der Waals surface area contributed by atoms with Gasteiger partial charge in [0, 0.05) is 18.8 Å². The van der Waals surface area contributed by atoms with Crippen molar-refractivity contribution < 1.29 is 13.4 Å². The maximum Gasteiger partial charge on any atom is 0.203 e. The molecule has 2 aliphatic rings. The van der Waals surface area contributed by atoms with Crippen molar-refractivity contribution in [3.8, 4) is 0 Å². The van der Waals surface area contributed by atoms with E-state index in [-0.39, 0.29) is 0 Å². The summed E-state index contributed by atoms with van der Waals surface area (Å²) in [4.78, 5) is 7.33. The molecule has 1 aliphatic heterocycles.